The zero-order valence-electron chi connectivity index (χ0n) is 18.3. The van der Waals surface area contributed by atoms with Gasteiger partial charge in [0.2, 0.25) is 0 Å². The van der Waals surface area contributed by atoms with Gasteiger partial charge < -0.3 is 20.5 Å². The molecular formula is C25H35N3O3. The number of hydrogen-bond donors (Lipinski definition) is 3. The van der Waals surface area contributed by atoms with E-state index >= 15 is 0 Å². The van der Waals surface area contributed by atoms with Crippen LogP contribution in [0.5, 0.6) is 0 Å². The summed E-state index contributed by atoms with van der Waals surface area (Å²) < 4.78 is 5.74. The van der Waals surface area contributed by atoms with Gasteiger partial charge in [-0.25, -0.2) is 4.79 Å². The van der Waals surface area contributed by atoms with Gasteiger partial charge in [0.25, 0.3) is 0 Å². The van der Waals surface area contributed by atoms with E-state index in [9.17, 15) is 4.79 Å². The van der Waals surface area contributed by atoms with Crippen molar-refractivity contribution in [1.82, 2.24) is 5.32 Å². The summed E-state index contributed by atoms with van der Waals surface area (Å²) >= 11 is 0. The number of carboxylic acids is 1. The van der Waals surface area contributed by atoms with Crippen LogP contribution in [0.25, 0.3) is 0 Å². The molecule has 4 aliphatic carbocycles. The number of carboxylic acid groups (broad SMARTS) is 1. The minimum atomic E-state index is -0.910. The summed E-state index contributed by atoms with van der Waals surface area (Å²) in [6.07, 6.45) is 12.3. The highest BCUT2D eigenvalue weighted by molar-refractivity contribution is 5.94. The van der Waals surface area contributed by atoms with Crippen molar-refractivity contribution in [3.63, 3.8) is 0 Å². The van der Waals surface area contributed by atoms with Crippen molar-refractivity contribution in [3.8, 4) is 0 Å². The number of nitrogens with zero attached hydrogens (tertiary/aromatic N) is 1. The maximum Gasteiger partial charge on any atom is 0.335 e. The lowest BCUT2D eigenvalue weighted by Crippen LogP contribution is -2.47. The average molecular weight is 426 g/mol. The van der Waals surface area contributed by atoms with Gasteiger partial charge in [0.05, 0.1) is 18.2 Å². The first kappa shape index (κ1) is 20.8. The second kappa shape index (κ2) is 8.81. The first-order chi connectivity index (χ1) is 15.1. The number of aliphatic imine (C=N–C) groups is 1. The van der Waals surface area contributed by atoms with Crippen molar-refractivity contribution in [2.24, 2.45) is 28.2 Å². The molecule has 1 atom stereocenters. The Hall–Kier alpha value is -2.08. The fraction of sp³-hybridized carbons (Fsp3) is 0.680. The molecule has 31 heavy (non-hydrogen) atoms. The molecule has 0 radical (unpaired) electrons. The Morgan fingerprint density at radius 1 is 1.10 bits per heavy atom. The summed E-state index contributed by atoms with van der Waals surface area (Å²) in [4.78, 5) is 15.9. The molecule has 5 fully saturated rings. The van der Waals surface area contributed by atoms with Crippen molar-refractivity contribution in [2.45, 2.75) is 63.9 Å². The SMILES string of the molecule is O=C(O)c1ccc(NC(=NC[C@@H]2CCCO2)NCCC23CC4CC(CC(C4)C2)C3)cc1. The second-order valence-electron chi connectivity index (χ2n) is 10.4. The van der Waals surface area contributed by atoms with E-state index in [1.165, 1.54) is 44.9 Å². The van der Waals surface area contributed by atoms with Crippen LogP contribution >= 0.6 is 0 Å². The van der Waals surface area contributed by atoms with Crippen LogP contribution in [0.1, 0.15) is 68.1 Å². The third kappa shape index (κ3) is 4.89. The predicted octanol–water partition coefficient (Wildman–Crippen LogP) is 4.53. The van der Waals surface area contributed by atoms with Crippen molar-refractivity contribution in [2.75, 3.05) is 25.0 Å². The molecule has 1 heterocycles. The molecule has 3 N–H and O–H groups in total. The summed E-state index contributed by atoms with van der Waals surface area (Å²) in [6, 6.07) is 6.84. The Kier molecular flexibility index (Phi) is 5.91. The van der Waals surface area contributed by atoms with Crippen molar-refractivity contribution in [3.05, 3.63) is 29.8 Å². The van der Waals surface area contributed by atoms with E-state index in [1.807, 2.05) is 0 Å². The number of aromatic carboxylic acids is 1. The molecular weight excluding hydrogens is 390 g/mol. The number of carbonyl (C=O) groups is 1. The van der Waals surface area contributed by atoms with Crippen LogP contribution in [0.15, 0.2) is 29.3 Å². The van der Waals surface area contributed by atoms with Crippen LogP contribution in [0.2, 0.25) is 0 Å². The Labute approximate surface area is 184 Å². The van der Waals surface area contributed by atoms with E-state index in [4.69, 9.17) is 14.8 Å². The van der Waals surface area contributed by atoms with E-state index in [2.05, 4.69) is 10.6 Å². The molecule has 0 unspecified atom stereocenters. The van der Waals surface area contributed by atoms with Crippen LogP contribution < -0.4 is 10.6 Å². The molecule has 4 saturated carbocycles. The quantitative estimate of drug-likeness (QED) is 0.442. The number of nitrogens with one attached hydrogen (secondary N) is 2. The van der Waals surface area contributed by atoms with Gasteiger partial charge in [-0.15, -0.1) is 0 Å². The van der Waals surface area contributed by atoms with Gasteiger partial charge in [-0.1, -0.05) is 0 Å². The largest absolute Gasteiger partial charge is 0.478 e. The summed E-state index contributed by atoms with van der Waals surface area (Å²) in [6.45, 7) is 2.41. The lowest BCUT2D eigenvalue weighted by atomic mass is 9.49. The third-order valence-electron chi connectivity index (χ3n) is 7.98. The first-order valence-electron chi connectivity index (χ1n) is 12.1. The number of hydrogen-bond acceptors (Lipinski definition) is 3. The molecule has 6 nitrogen and oxygen atoms in total. The highest BCUT2D eigenvalue weighted by Gasteiger charge is 2.50. The molecule has 1 aliphatic heterocycles. The normalized spacial score (nSPS) is 34.1. The van der Waals surface area contributed by atoms with E-state index < -0.39 is 5.97 Å². The molecule has 168 valence electrons. The smallest absolute Gasteiger partial charge is 0.335 e. The van der Waals surface area contributed by atoms with Gasteiger partial charge in [-0.05, 0) is 105 Å². The van der Waals surface area contributed by atoms with Crippen LogP contribution in [0, 0.1) is 23.2 Å². The van der Waals surface area contributed by atoms with E-state index in [-0.39, 0.29) is 11.7 Å². The number of ether oxygens (including phenoxy) is 1. The molecule has 1 saturated heterocycles. The highest BCUT2D eigenvalue weighted by atomic mass is 16.5. The summed E-state index contributed by atoms with van der Waals surface area (Å²) in [5.74, 6) is 2.79. The van der Waals surface area contributed by atoms with Gasteiger partial charge in [-0.2, -0.15) is 0 Å². The topological polar surface area (TPSA) is 83.0 Å². The van der Waals surface area contributed by atoms with Crippen LogP contribution in [-0.2, 0) is 4.74 Å². The Bertz CT molecular complexity index is 779. The van der Waals surface area contributed by atoms with Crippen LogP contribution in [0.4, 0.5) is 5.69 Å². The minimum absolute atomic E-state index is 0.205. The van der Waals surface area contributed by atoms with Gasteiger partial charge in [0.1, 0.15) is 0 Å². The van der Waals surface area contributed by atoms with Crippen molar-refractivity contribution in [1.29, 1.82) is 0 Å². The standard InChI is InChI=1S/C25H35N3O3/c29-23(30)20-3-5-21(6-4-20)28-24(27-16-22-2-1-9-31-22)26-8-7-25-13-17-10-18(14-25)12-19(11-17)15-25/h3-6,17-19,22H,1-2,7-16H2,(H,29,30)(H2,26,27,28)/t17?,18?,19?,22-,25?/m0/s1. The number of benzene rings is 1. The predicted molar refractivity (Wildman–Crippen MR) is 122 cm³/mol. The maximum atomic E-state index is 11.1. The number of anilines is 1. The molecule has 1 aromatic carbocycles. The monoisotopic (exact) mass is 425 g/mol. The molecule has 0 spiro atoms. The van der Waals surface area contributed by atoms with Crippen molar-refractivity contribution < 1.29 is 14.6 Å². The van der Waals surface area contributed by atoms with E-state index in [0.717, 1.165) is 55.4 Å². The van der Waals surface area contributed by atoms with Gasteiger partial charge in [0.15, 0.2) is 5.96 Å². The zero-order valence-corrected chi connectivity index (χ0v) is 18.3. The minimum Gasteiger partial charge on any atom is -0.478 e. The van der Waals surface area contributed by atoms with Gasteiger partial charge >= 0.3 is 5.97 Å². The third-order valence-corrected chi connectivity index (χ3v) is 7.98. The summed E-state index contributed by atoms with van der Waals surface area (Å²) in [7, 11) is 0. The Morgan fingerprint density at radius 2 is 1.77 bits per heavy atom. The molecule has 1 aromatic rings. The molecule has 0 amide bonds. The zero-order chi connectivity index (χ0) is 21.3. The summed E-state index contributed by atoms with van der Waals surface area (Å²) in [5, 5.41) is 16.1. The van der Waals surface area contributed by atoms with E-state index in [0.29, 0.717) is 12.0 Å². The number of guanidine groups is 1. The molecule has 5 aliphatic rings. The average Bonchev–Trinajstić information content (AvgIpc) is 3.25. The van der Waals surface area contributed by atoms with Crippen LogP contribution in [-0.4, -0.2) is 42.8 Å². The van der Waals surface area contributed by atoms with Gasteiger partial charge in [0, 0.05) is 18.8 Å². The van der Waals surface area contributed by atoms with Crippen molar-refractivity contribution >= 4 is 17.6 Å². The fourth-order valence-corrected chi connectivity index (χ4v) is 7.00. The fourth-order valence-electron chi connectivity index (χ4n) is 7.00. The van der Waals surface area contributed by atoms with Crippen LogP contribution in [0.3, 0.4) is 0 Å². The molecule has 6 heteroatoms. The Morgan fingerprint density at radius 3 is 2.35 bits per heavy atom. The molecule has 0 aromatic heterocycles. The summed E-state index contributed by atoms with van der Waals surface area (Å²) in [5.41, 5.74) is 1.68. The molecule has 6 rings (SSSR count). The maximum absolute atomic E-state index is 11.1. The first-order valence-corrected chi connectivity index (χ1v) is 12.1. The number of rotatable bonds is 7. The lowest BCUT2D eigenvalue weighted by molar-refractivity contribution is -0.0562. The highest BCUT2D eigenvalue weighted by Crippen LogP contribution is 2.61. The van der Waals surface area contributed by atoms with Gasteiger partial charge in [-0.3, -0.25) is 4.99 Å². The lowest BCUT2D eigenvalue weighted by Gasteiger charge is -2.57. The molecule has 4 bridgehead atoms. The second-order valence-corrected chi connectivity index (χ2v) is 10.4. The van der Waals surface area contributed by atoms with E-state index in [1.54, 1.807) is 24.3 Å². The Balaban J connectivity index is 1.21.